The lowest BCUT2D eigenvalue weighted by molar-refractivity contribution is -0.144. The predicted octanol–water partition coefficient (Wildman–Crippen LogP) is 5.32. The molecule has 1 aromatic heterocycles. The molecule has 10 heteroatoms. The summed E-state index contributed by atoms with van der Waals surface area (Å²) in [5.41, 5.74) is 0.781. The van der Waals surface area contributed by atoms with E-state index in [0.717, 1.165) is 4.47 Å². The second-order valence-corrected chi connectivity index (χ2v) is 8.79. The van der Waals surface area contributed by atoms with Gasteiger partial charge in [0.15, 0.2) is 11.9 Å². The number of hydrogen-bond acceptors (Lipinski definition) is 5. The van der Waals surface area contributed by atoms with Gasteiger partial charge in [0.2, 0.25) is 0 Å². The van der Waals surface area contributed by atoms with Crippen molar-refractivity contribution in [2.45, 2.75) is 32.8 Å². The average molecular weight is 527 g/mol. The van der Waals surface area contributed by atoms with Gasteiger partial charge in [-0.3, -0.25) is 4.79 Å². The van der Waals surface area contributed by atoms with E-state index in [1.165, 1.54) is 29.9 Å². The SMILES string of the molecule is CC(C)c1nc2ccc(Br)cc2c(=O)n1N=Cc1cc(Cl)c(O[C@@H](C)C(=O)O)c(Cl)c1. The van der Waals surface area contributed by atoms with E-state index in [4.69, 9.17) is 33.0 Å². The molecule has 0 aliphatic heterocycles. The molecule has 1 N–H and O–H groups in total. The second-order valence-electron chi connectivity index (χ2n) is 7.06. The summed E-state index contributed by atoms with van der Waals surface area (Å²) in [5.74, 6) is -0.636. The minimum absolute atomic E-state index is 0.0571. The van der Waals surface area contributed by atoms with E-state index in [9.17, 15) is 9.59 Å². The van der Waals surface area contributed by atoms with Gasteiger partial charge in [-0.1, -0.05) is 53.0 Å². The van der Waals surface area contributed by atoms with E-state index in [2.05, 4.69) is 26.0 Å². The van der Waals surface area contributed by atoms with Crippen LogP contribution in [-0.2, 0) is 4.79 Å². The Kier molecular flexibility index (Phi) is 7.03. The molecular formula is C21H18BrCl2N3O4. The van der Waals surface area contributed by atoms with Gasteiger partial charge < -0.3 is 9.84 Å². The minimum Gasteiger partial charge on any atom is -0.479 e. The van der Waals surface area contributed by atoms with Gasteiger partial charge in [-0.2, -0.15) is 9.78 Å². The number of carbonyl (C=O) groups is 1. The summed E-state index contributed by atoms with van der Waals surface area (Å²) in [6.45, 7) is 5.21. The van der Waals surface area contributed by atoms with Crippen LogP contribution in [0.25, 0.3) is 10.9 Å². The van der Waals surface area contributed by atoms with Crippen molar-refractivity contribution in [3.63, 3.8) is 0 Å². The van der Waals surface area contributed by atoms with Gasteiger partial charge in [-0.25, -0.2) is 9.78 Å². The van der Waals surface area contributed by atoms with Crippen LogP contribution in [0.3, 0.4) is 0 Å². The summed E-state index contributed by atoms with van der Waals surface area (Å²) in [4.78, 5) is 28.7. The summed E-state index contributed by atoms with van der Waals surface area (Å²) < 4.78 is 7.32. The smallest absolute Gasteiger partial charge is 0.344 e. The van der Waals surface area contributed by atoms with Crippen LogP contribution < -0.4 is 10.3 Å². The fourth-order valence-electron chi connectivity index (χ4n) is 2.77. The van der Waals surface area contributed by atoms with Crippen molar-refractivity contribution in [1.82, 2.24) is 9.66 Å². The minimum atomic E-state index is -1.14. The summed E-state index contributed by atoms with van der Waals surface area (Å²) in [7, 11) is 0. The number of carboxylic acids is 1. The third kappa shape index (κ3) is 5.08. The number of aromatic nitrogens is 2. The van der Waals surface area contributed by atoms with E-state index in [1.807, 2.05) is 19.9 Å². The van der Waals surface area contributed by atoms with Crippen LogP contribution in [0.15, 0.2) is 44.7 Å². The fraction of sp³-hybridized carbons (Fsp3) is 0.238. The van der Waals surface area contributed by atoms with Gasteiger partial charge in [0.25, 0.3) is 5.56 Å². The number of ether oxygens (including phenoxy) is 1. The molecule has 0 bridgehead atoms. The average Bonchev–Trinajstić information content (AvgIpc) is 2.69. The summed E-state index contributed by atoms with van der Waals surface area (Å²) in [6, 6.07) is 8.34. The van der Waals surface area contributed by atoms with Crippen LogP contribution in [0.2, 0.25) is 10.0 Å². The molecule has 0 radical (unpaired) electrons. The topological polar surface area (TPSA) is 93.8 Å². The van der Waals surface area contributed by atoms with Crippen LogP contribution >= 0.6 is 39.1 Å². The zero-order valence-electron chi connectivity index (χ0n) is 16.8. The zero-order valence-corrected chi connectivity index (χ0v) is 19.9. The van der Waals surface area contributed by atoms with E-state index >= 15 is 0 Å². The highest BCUT2D eigenvalue weighted by Gasteiger charge is 2.18. The maximum absolute atomic E-state index is 13.1. The highest BCUT2D eigenvalue weighted by atomic mass is 79.9. The van der Waals surface area contributed by atoms with E-state index in [1.54, 1.807) is 12.1 Å². The number of benzene rings is 2. The molecule has 0 aliphatic rings. The Labute approximate surface area is 196 Å². The first-order valence-electron chi connectivity index (χ1n) is 9.23. The lowest BCUT2D eigenvalue weighted by Crippen LogP contribution is -2.23. The van der Waals surface area contributed by atoms with Crippen LogP contribution in [0, 0.1) is 0 Å². The van der Waals surface area contributed by atoms with Crippen molar-refractivity contribution in [3.8, 4) is 5.75 Å². The molecule has 0 saturated heterocycles. The molecule has 3 rings (SSSR count). The van der Waals surface area contributed by atoms with Gasteiger partial charge in [-0.15, -0.1) is 0 Å². The van der Waals surface area contributed by atoms with Gasteiger partial charge in [0, 0.05) is 10.4 Å². The molecule has 7 nitrogen and oxygen atoms in total. The number of aliphatic carboxylic acids is 1. The highest BCUT2D eigenvalue weighted by Crippen LogP contribution is 2.34. The summed E-state index contributed by atoms with van der Waals surface area (Å²) in [6.07, 6.45) is 0.311. The monoisotopic (exact) mass is 525 g/mol. The Balaban J connectivity index is 2.05. The van der Waals surface area contributed by atoms with Crippen LogP contribution in [0.1, 0.15) is 38.1 Å². The van der Waals surface area contributed by atoms with Gasteiger partial charge >= 0.3 is 5.97 Å². The summed E-state index contributed by atoms with van der Waals surface area (Å²) >= 11 is 15.8. The van der Waals surface area contributed by atoms with Crippen LogP contribution in [-0.4, -0.2) is 33.1 Å². The molecular weight excluding hydrogens is 509 g/mol. The van der Waals surface area contributed by atoms with Crippen molar-refractivity contribution in [2.75, 3.05) is 0 Å². The Morgan fingerprint density at radius 1 is 1.23 bits per heavy atom. The first kappa shape index (κ1) is 23.2. The lowest BCUT2D eigenvalue weighted by atomic mass is 10.2. The third-order valence-corrected chi connectivity index (χ3v) is 5.39. The number of fused-ring (bicyclic) bond motifs is 1. The third-order valence-electron chi connectivity index (χ3n) is 4.34. The van der Waals surface area contributed by atoms with Crippen LogP contribution in [0.4, 0.5) is 0 Å². The second kappa shape index (κ2) is 9.38. The molecule has 1 heterocycles. The number of hydrogen-bond donors (Lipinski definition) is 1. The molecule has 0 unspecified atom stereocenters. The molecule has 3 aromatic rings. The lowest BCUT2D eigenvalue weighted by Gasteiger charge is -2.14. The van der Waals surface area contributed by atoms with Crippen molar-refractivity contribution < 1.29 is 14.6 Å². The molecule has 0 saturated carbocycles. The number of nitrogens with zero attached hydrogens (tertiary/aromatic N) is 3. The summed E-state index contributed by atoms with van der Waals surface area (Å²) in [5, 5.41) is 14.0. The Morgan fingerprint density at radius 2 is 1.87 bits per heavy atom. The van der Waals surface area contributed by atoms with Crippen LogP contribution in [0.5, 0.6) is 5.75 Å². The molecule has 0 amide bonds. The largest absolute Gasteiger partial charge is 0.479 e. The van der Waals surface area contributed by atoms with E-state index in [0.29, 0.717) is 22.3 Å². The molecule has 162 valence electrons. The van der Waals surface area contributed by atoms with Gasteiger partial charge in [0.1, 0.15) is 5.82 Å². The number of carboxylic acid groups (broad SMARTS) is 1. The normalized spacial score (nSPS) is 12.6. The van der Waals surface area contributed by atoms with Gasteiger partial charge in [0.05, 0.1) is 27.2 Å². The standard InChI is InChI=1S/C21H18BrCl2N3O4/c1-10(2)19-26-17-5-4-13(22)8-14(17)20(28)27(19)25-9-12-6-15(23)18(16(24)7-12)31-11(3)21(29)30/h4-11H,1-3H3,(H,29,30)/t11-/m0/s1. The molecule has 31 heavy (non-hydrogen) atoms. The fourth-order valence-corrected chi connectivity index (χ4v) is 3.72. The molecule has 1 atom stereocenters. The Hall–Kier alpha value is -2.42. The van der Waals surface area contributed by atoms with Crippen molar-refractivity contribution in [2.24, 2.45) is 5.10 Å². The first-order chi connectivity index (χ1) is 14.6. The highest BCUT2D eigenvalue weighted by molar-refractivity contribution is 9.10. The zero-order chi connectivity index (χ0) is 22.9. The van der Waals surface area contributed by atoms with Crippen molar-refractivity contribution >= 4 is 62.2 Å². The molecule has 0 fully saturated rings. The van der Waals surface area contributed by atoms with Crippen molar-refractivity contribution in [1.29, 1.82) is 0 Å². The van der Waals surface area contributed by atoms with E-state index < -0.39 is 12.1 Å². The quantitative estimate of drug-likeness (QED) is 0.438. The van der Waals surface area contributed by atoms with E-state index in [-0.39, 0.29) is 27.3 Å². The number of rotatable bonds is 6. The molecule has 0 aliphatic carbocycles. The molecule has 0 spiro atoms. The Bertz CT molecular complexity index is 1230. The molecule has 2 aromatic carbocycles. The number of halogens is 3. The Morgan fingerprint density at radius 3 is 2.45 bits per heavy atom. The van der Waals surface area contributed by atoms with Crippen molar-refractivity contribution in [3.05, 3.63) is 66.6 Å². The first-order valence-corrected chi connectivity index (χ1v) is 10.8. The predicted molar refractivity (Wildman–Crippen MR) is 125 cm³/mol. The maximum atomic E-state index is 13.1. The maximum Gasteiger partial charge on any atom is 0.344 e. The van der Waals surface area contributed by atoms with Gasteiger partial charge in [-0.05, 0) is 42.8 Å².